The third kappa shape index (κ3) is 7.20. The zero-order valence-electron chi connectivity index (χ0n) is 25.4. The van der Waals surface area contributed by atoms with Crippen LogP contribution in [0, 0.1) is 0 Å². The Kier molecular flexibility index (Phi) is 9.91. The van der Waals surface area contributed by atoms with E-state index in [2.05, 4.69) is 9.80 Å². The summed E-state index contributed by atoms with van der Waals surface area (Å²) in [6.45, 7) is 5.43. The summed E-state index contributed by atoms with van der Waals surface area (Å²) in [5.41, 5.74) is 1.99. The summed E-state index contributed by atoms with van der Waals surface area (Å²) in [6.07, 6.45) is 13.4. The van der Waals surface area contributed by atoms with E-state index in [-0.39, 0.29) is 0 Å². The van der Waals surface area contributed by atoms with Crippen LogP contribution in [0.2, 0.25) is 0 Å². The van der Waals surface area contributed by atoms with Crippen LogP contribution in [0.4, 0.5) is 0 Å². The van der Waals surface area contributed by atoms with Gasteiger partial charge < -0.3 is 0 Å². The zero-order valence-corrected chi connectivity index (χ0v) is 27.1. The molecule has 2 aromatic rings. The largest absolute Gasteiger partial charge is 0.298 e. The van der Waals surface area contributed by atoms with Gasteiger partial charge in [0.05, 0.1) is 9.79 Å². The van der Waals surface area contributed by atoms with Gasteiger partial charge in [-0.1, -0.05) is 62.8 Å². The fourth-order valence-electron chi connectivity index (χ4n) is 7.60. The van der Waals surface area contributed by atoms with Gasteiger partial charge in [-0.2, -0.15) is 8.61 Å². The summed E-state index contributed by atoms with van der Waals surface area (Å²) in [6, 6.07) is 15.6. The van der Waals surface area contributed by atoms with Crippen LogP contribution < -0.4 is 0 Å². The van der Waals surface area contributed by atoms with Crippen LogP contribution in [0.25, 0.3) is 0 Å². The molecular weight excluding hydrogens is 581 g/mol. The molecule has 6 rings (SSSR count). The van der Waals surface area contributed by atoms with E-state index in [0.29, 0.717) is 54.5 Å². The third-order valence-corrected chi connectivity index (χ3v) is 14.1. The number of piperazine rings is 2. The van der Waals surface area contributed by atoms with Gasteiger partial charge in [-0.25, -0.2) is 16.8 Å². The van der Waals surface area contributed by atoms with Crippen molar-refractivity contribution in [3.8, 4) is 0 Å². The highest BCUT2D eigenvalue weighted by molar-refractivity contribution is 7.89. The maximum Gasteiger partial charge on any atom is 0.243 e. The van der Waals surface area contributed by atoms with Crippen LogP contribution in [-0.4, -0.2) is 99.7 Å². The first kappa shape index (κ1) is 31.2. The average molecular weight is 629 g/mol. The van der Waals surface area contributed by atoms with Crippen molar-refractivity contribution < 1.29 is 16.8 Å². The number of rotatable bonds is 8. The summed E-state index contributed by atoms with van der Waals surface area (Å²) in [5.74, 6) is 0. The molecule has 0 radical (unpaired) electrons. The lowest BCUT2D eigenvalue weighted by molar-refractivity contribution is 0.111. The Morgan fingerprint density at radius 2 is 0.791 bits per heavy atom. The Balaban J connectivity index is 1.02. The fourth-order valence-corrected chi connectivity index (χ4v) is 10.4. The van der Waals surface area contributed by atoms with Crippen LogP contribution in [-0.2, 0) is 26.5 Å². The lowest BCUT2D eigenvalue weighted by Crippen LogP contribution is -2.52. The molecule has 0 N–H and O–H groups in total. The molecule has 2 saturated carbocycles. The summed E-state index contributed by atoms with van der Waals surface area (Å²) < 4.78 is 56.6. The standard InChI is InChI=1S/C33H48N4O4S2/c38-42(39,36-23-19-34(20-24-36)30-7-3-1-4-8-30)32-15-11-28(12-16-32)27-29-13-17-33(18-14-29)43(40,41)37-25-21-35(22-26-37)31-9-5-2-6-10-31/h11-18,30-31H,1-10,19-27H2. The van der Waals surface area contributed by atoms with Crippen molar-refractivity contribution in [1.29, 1.82) is 0 Å². The molecule has 4 aliphatic rings. The second-order valence-electron chi connectivity index (χ2n) is 12.9. The number of sulfonamides is 2. The molecule has 0 unspecified atom stereocenters. The quantitative estimate of drug-likeness (QED) is 0.427. The number of benzene rings is 2. The lowest BCUT2D eigenvalue weighted by Gasteiger charge is -2.40. The Bertz CT molecular complexity index is 1290. The lowest BCUT2D eigenvalue weighted by atomic mass is 9.94. The highest BCUT2D eigenvalue weighted by Gasteiger charge is 2.33. The van der Waals surface area contributed by atoms with Gasteiger partial charge >= 0.3 is 0 Å². The molecule has 236 valence electrons. The molecule has 8 nitrogen and oxygen atoms in total. The van der Waals surface area contributed by atoms with E-state index in [1.165, 1.54) is 64.2 Å². The van der Waals surface area contributed by atoms with Crippen LogP contribution in [0.1, 0.15) is 75.3 Å². The van der Waals surface area contributed by atoms with Crippen molar-refractivity contribution in [3.63, 3.8) is 0 Å². The molecular formula is C33H48N4O4S2. The van der Waals surface area contributed by atoms with Crippen molar-refractivity contribution in [1.82, 2.24) is 18.4 Å². The Morgan fingerprint density at radius 1 is 0.465 bits per heavy atom. The van der Waals surface area contributed by atoms with Gasteiger partial charge in [0.25, 0.3) is 0 Å². The molecule has 0 atom stereocenters. The van der Waals surface area contributed by atoms with Crippen molar-refractivity contribution in [2.45, 2.75) is 92.5 Å². The summed E-state index contributed by atoms with van der Waals surface area (Å²) in [4.78, 5) is 5.66. The minimum absolute atomic E-state index is 0.340. The van der Waals surface area contributed by atoms with Gasteiger partial charge in [-0.15, -0.1) is 0 Å². The molecule has 2 aromatic carbocycles. The minimum atomic E-state index is -3.52. The van der Waals surface area contributed by atoms with E-state index in [1.807, 2.05) is 24.3 Å². The third-order valence-electron chi connectivity index (χ3n) is 10.3. The van der Waals surface area contributed by atoms with Crippen LogP contribution >= 0.6 is 0 Å². The van der Waals surface area contributed by atoms with Crippen molar-refractivity contribution in [3.05, 3.63) is 59.7 Å². The molecule has 0 spiro atoms. The van der Waals surface area contributed by atoms with E-state index in [1.54, 1.807) is 32.9 Å². The van der Waals surface area contributed by atoms with Gasteiger partial charge in [-0.05, 0) is 67.5 Å². The van der Waals surface area contributed by atoms with Gasteiger partial charge in [-0.3, -0.25) is 9.80 Å². The molecule has 2 aliphatic carbocycles. The molecule has 2 aliphatic heterocycles. The molecule has 0 aromatic heterocycles. The molecule has 2 heterocycles. The first-order chi connectivity index (χ1) is 20.8. The number of hydrogen-bond acceptors (Lipinski definition) is 6. The van der Waals surface area contributed by atoms with Crippen molar-refractivity contribution in [2.75, 3.05) is 52.4 Å². The van der Waals surface area contributed by atoms with Gasteiger partial charge in [0.15, 0.2) is 0 Å². The second kappa shape index (κ2) is 13.7. The fraction of sp³-hybridized carbons (Fsp3) is 0.636. The molecule has 43 heavy (non-hydrogen) atoms. The minimum Gasteiger partial charge on any atom is -0.298 e. The topological polar surface area (TPSA) is 81.2 Å². The summed E-state index contributed by atoms with van der Waals surface area (Å²) in [5, 5.41) is 0. The maximum absolute atomic E-state index is 13.3. The van der Waals surface area contributed by atoms with E-state index in [4.69, 9.17) is 0 Å². The first-order valence-electron chi connectivity index (χ1n) is 16.5. The zero-order chi connectivity index (χ0) is 29.9. The highest BCUT2D eigenvalue weighted by atomic mass is 32.2. The number of hydrogen-bond donors (Lipinski definition) is 0. The van der Waals surface area contributed by atoms with Crippen LogP contribution in [0.3, 0.4) is 0 Å². The Morgan fingerprint density at radius 3 is 1.12 bits per heavy atom. The normalized spacial score (nSPS) is 23.4. The highest BCUT2D eigenvalue weighted by Crippen LogP contribution is 2.27. The smallest absolute Gasteiger partial charge is 0.243 e. The molecule has 10 heteroatoms. The predicted molar refractivity (Wildman–Crippen MR) is 170 cm³/mol. The molecule has 0 bridgehead atoms. The van der Waals surface area contributed by atoms with Crippen LogP contribution in [0.15, 0.2) is 58.3 Å². The van der Waals surface area contributed by atoms with Crippen LogP contribution in [0.5, 0.6) is 0 Å². The summed E-state index contributed by atoms with van der Waals surface area (Å²) in [7, 11) is -7.03. The average Bonchev–Trinajstić information content (AvgIpc) is 3.06. The maximum atomic E-state index is 13.3. The van der Waals surface area contributed by atoms with E-state index in [0.717, 1.165) is 37.3 Å². The SMILES string of the molecule is O=S(=O)(c1ccc(Cc2ccc(S(=O)(=O)N3CCN(C4CCCCC4)CC3)cc2)cc1)N1CCN(C2CCCCC2)CC1. The van der Waals surface area contributed by atoms with E-state index >= 15 is 0 Å². The van der Waals surface area contributed by atoms with Crippen molar-refractivity contribution >= 4 is 20.0 Å². The molecule has 4 fully saturated rings. The monoisotopic (exact) mass is 628 g/mol. The van der Waals surface area contributed by atoms with Gasteiger partial charge in [0.1, 0.15) is 0 Å². The Labute approximate surface area is 259 Å². The van der Waals surface area contributed by atoms with Gasteiger partial charge in [0.2, 0.25) is 20.0 Å². The molecule has 0 amide bonds. The van der Waals surface area contributed by atoms with E-state index < -0.39 is 20.0 Å². The summed E-state index contributed by atoms with van der Waals surface area (Å²) >= 11 is 0. The van der Waals surface area contributed by atoms with Crippen molar-refractivity contribution in [2.24, 2.45) is 0 Å². The second-order valence-corrected chi connectivity index (χ2v) is 16.8. The molecule has 2 saturated heterocycles. The predicted octanol–water partition coefficient (Wildman–Crippen LogP) is 4.56. The van der Waals surface area contributed by atoms with Gasteiger partial charge in [0, 0.05) is 64.4 Å². The van der Waals surface area contributed by atoms with E-state index in [9.17, 15) is 16.8 Å². The Hall–Kier alpha value is -1.82. The first-order valence-corrected chi connectivity index (χ1v) is 19.3. The number of nitrogens with zero attached hydrogens (tertiary/aromatic N) is 4.